The van der Waals surface area contributed by atoms with Crippen LogP contribution in [-0.2, 0) is 12.8 Å². The van der Waals surface area contributed by atoms with E-state index in [1.807, 2.05) is 6.92 Å². The predicted octanol–water partition coefficient (Wildman–Crippen LogP) is 3.20. The number of carbonyl (C=O) groups is 2. The highest BCUT2D eigenvalue weighted by molar-refractivity contribution is 5.93. The van der Waals surface area contributed by atoms with Crippen molar-refractivity contribution in [1.29, 1.82) is 0 Å². The van der Waals surface area contributed by atoms with E-state index >= 15 is 0 Å². The number of H-pyrrole nitrogens is 1. The summed E-state index contributed by atoms with van der Waals surface area (Å²) in [7, 11) is 0. The monoisotopic (exact) mass is 296 g/mol. The van der Waals surface area contributed by atoms with Gasteiger partial charge in [-0.3, -0.25) is 9.59 Å². The quantitative estimate of drug-likeness (QED) is 0.851. The van der Waals surface area contributed by atoms with E-state index in [4.69, 9.17) is 0 Å². The third-order valence-corrected chi connectivity index (χ3v) is 4.30. The molecule has 0 spiro atoms. The van der Waals surface area contributed by atoms with E-state index in [-0.39, 0.29) is 11.9 Å². The lowest BCUT2D eigenvalue weighted by atomic mass is 9.89. The molecule has 1 heterocycles. The van der Waals surface area contributed by atoms with E-state index in [2.05, 4.69) is 28.5 Å². The molecular formula is C18H20N2O2. The molecule has 1 aliphatic rings. The van der Waals surface area contributed by atoms with Gasteiger partial charge in [0.25, 0.3) is 5.91 Å². The largest absolute Gasteiger partial charge is 0.348 e. The standard InChI is InChI=1S/C18H20N2O2/c1-12(19-18(22)17-9-8-16(11-21)20-17)14-7-6-13-4-2-3-5-15(13)10-14/h6-12,20H,2-5H2,1H3,(H,19,22). The Morgan fingerprint density at radius 1 is 1.18 bits per heavy atom. The van der Waals surface area contributed by atoms with Crippen molar-refractivity contribution in [2.75, 3.05) is 0 Å². The van der Waals surface area contributed by atoms with Gasteiger partial charge in [-0.15, -0.1) is 0 Å². The van der Waals surface area contributed by atoms with E-state index in [0.717, 1.165) is 18.4 Å². The molecule has 1 aliphatic carbocycles. The van der Waals surface area contributed by atoms with Gasteiger partial charge in [-0.2, -0.15) is 0 Å². The summed E-state index contributed by atoms with van der Waals surface area (Å²) in [5.41, 5.74) is 4.79. The van der Waals surface area contributed by atoms with Gasteiger partial charge in [-0.1, -0.05) is 18.2 Å². The SMILES string of the molecule is CC(NC(=O)c1ccc(C=O)[nH]1)c1ccc2c(c1)CCCC2. The normalized spacial score (nSPS) is 15.0. The second kappa shape index (κ2) is 6.18. The highest BCUT2D eigenvalue weighted by atomic mass is 16.2. The molecule has 0 radical (unpaired) electrons. The fraction of sp³-hybridized carbons (Fsp3) is 0.333. The lowest BCUT2D eigenvalue weighted by Gasteiger charge is -2.20. The average Bonchev–Trinajstić information content (AvgIpc) is 3.03. The van der Waals surface area contributed by atoms with Crippen LogP contribution in [0.3, 0.4) is 0 Å². The number of benzene rings is 1. The molecular weight excluding hydrogens is 276 g/mol. The molecule has 0 fully saturated rings. The molecule has 2 aromatic rings. The molecule has 1 atom stereocenters. The highest BCUT2D eigenvalue weighted by Crippen LogP contribution is 2.24. The molecule has 114 valence electrons. The fourth-order valence-electron chi connectivity index (χ4n) is 2.99. The van der Waals surface area contributed by atoms with Crippen LogP contribution in [0, 0.1) is 0 Å². The molecule has 4 heteroatoms. The lowest BCUT2D eigenvalue weighted by Crippen LogP contribution is -2.27. The van der Waals surface area contributed by atoms with Crippen LogP contribution in [0.4, 0.5) is 0 Å². The first-order valence-electron chi connectivity index (χ1n) is 7.74. The minimum atomic E-state index is -0.196. The maximum absolute atomic E-state index is 12.2. The Kier molecular flexibility index (Phi) is 4.09. The average molecular weight is 296 g/mol. The van der Waals surface area contributed by atoms with Crippen LogP contribution >= 0.6 is 0 Å². The van der Waals surface area contributed by atoms with E-state index < -0.39 is 0 Å². The summed E-state index contributed by atoms with van der Waals surface area (Å²) >= 11 is 0. The number of nitrogens with one attached hydrogen (secondary N) is 2. The molecule has 0 bridgehead atoms. The minimum Gasteiger partial charge on any atom is -0.348 e. The number of aromatic nitrogens is 1. The lowest BCUT2D eigenvalue weighted by molar-refractivity contribution is 0.0935. The van der Waals surface area contributed by atoms with Gasteiger partial charge in [-0.25, -0.2) is 0 Å². The minimum absolute atomic E-state index is 0.0669. The maximum atomic E-state index is 12.2. The van der Waals surface area contributed by atoms with Gasteiger partial charge in [0.15, 0.2) is 6.29 Å². The smallest absolute Gasteiger partial charge is 0.268 e. The molecule has 1 amide bonds. The van der Waals surface area contributed by atoms with E-state index in [1.165, 1.54) is 24.0 Å². The second-order valence-corrected chi connectivity index (χ2v) is 5.88. The molecule has 1 aromatic heterocycles. The van der Waals surface area contributed by atoms with Crippen molar-refractivity contribution >= 4 is 12.2 Å². The van der Waals surface area contributed by atoms with Crippen molar-refractivity contribution in [3.8, 4) is 0 Å². The summed E-state index contributed by atoms with van der Waals surface area (Å²) in [6.07, 6.45) is 5.50. The predicted molar refractivity (Wildman–Crippen MR) is 85.1 cm³/mol. The molecule has 0 saturated heterocycles. The van der Waals surface area contributed by atoms with Gasteiger partial charge < -0.3 is 10.3 Å². The molecule has 0 aliphatic heterocycles. The van der Waals surface area contributed by atoms with Crippen molar-refractivity contribution in [1.82, 2.24) is 10.3 Å². The van der Waals surface area contributed by atoms with E-state index in [9.17, 15) is 9.59 Å². The number of hydrogen-bond acceptors (Lipinski definition) is 2. The summed E-state index contributed by atoms with van der Waals surface area (Å²) in [4.78, 5) is 25.6. The van der Waals surface area contributed by atoms with Gasteiger partial charge in [-0.05, 0) is 61.4 Å². The maximum Gasteiger partial charge on any atom is 0.268 e. The Hall–Kier alpha value is -2.36. The van der Waals surface area contributed by atoms with Crippen LogP contribution in [0.15, 0.2) is 30.3 Å². The van der Waals surface area contributed by atoms with Crippen LogP contribution in [-0.4, -0.2) is 17.2 Å². The molecule has 1 unspecified atom stereocenters. The van der Waals surface area contributed by atoms with E-state index in [1.54, 1.807) is 12.1 Å². The summed E-state index contributed by atoms with van der Waals surface area (Å²) in [5.74, 6) is -0.196. The van der Waals surface area contributed by atoms with Crippen LogP contribution in [0.25, 0.3) is 0 Å². The summed E-state index contributed by atoms with van der Waals surface area (Å²) < 4.78 is 0. The Balaban J connectivity index is 1.72. The summed E-state index contributed by atoms with van der Waals surface area (Å²) in [6, 6.07) is 9.66. The summed E-state index contributed by atoms with van der Waals surface area (Å²) in [6.45, 7) is 1.98. The first kappa shape index (κ1) is 14.6. The molecule has 1 aromatic carbocycles. The zero-order valence-electron chi connectivity index (χ0n) is 12.7. The van der Waals surface area contributed by atoms with Crippen molar-refractivity contribution in [2.24, 2.45) is 0 Å². The second-order valence-electron chi connectivity index (χ2n) is 5.88. The number of hydrogen-bond donors (Lipinski definition) is 2. The number of amides is 1. The first-order chi connectivity index (χ1) is 10.7. The van der Waals surface area contributed by atoms with Crippen LogP contribution in [0.1, 0.15) is 63.5 Å². The molecule has 0 saturated carbocycles. The van der Waals surface area contributed by atoms with Crippen LogP contribution < -0.4 is 5.32 Å². The number of aryl methyl sites for hydroxylation is 2. The Morgan fingerprint density at radius 2 is 1.95 bits per heavy atom. The third kappa shape index (κ3) is 2.96. The summed E-state index contributed by atoms with van der Waals surface area (Å²) in [5, 5.41) is 2.97. The van der Waals surface area contributed by atoms with Crippen LogP contribution in [0.2, 0.25) is 0 Å². The molecule has 2 N–H and O–H groups in total. The van der Waals surface area contributed by atoms with Crippen molar-refractivity contribution < 1.29 is 9.59 Å². The van der Waals surface area contributed by atoms with Crippen molar-refractivity contribution in [3.05, 3.63) is 58.4 Å². The van der Waals surface area contributed by atoms with Gasteiger partial charge in [0, 0.05) is 0 Å². The third-order valence-electron chi connectivity index (χ3n) is 4.30. The zero-order chi connectivity index (χ0) is 15.5. The fourth-order valence-corrected chi connectivity index (χ4v) is 2.99. The van der Waals surface area contributed by atoms with Gasteiger partial charge in [0.2, 0.25) is 0 Å². The molecule has 3 rings (SSSR count). The van der Waals surface area contributed by atoms with E-state index in [0.29, 0.717) is 17.7 Å². The van der Waals surface area contributed by atoms with Gasteiger partial charge >= 0.3 is 0 Å². The Morgan fingerprint density at radius 3 is 2.68 bits per heavy atom. The zero-order valence-corrected chi connectivity index (χ0v) is 12.7. The number of aromatic amines is 1. The number of aldehydes is 1. The van der Waals surface area contributed by atoms with Gasteiger partial charge in [0.1, 0.15) is 5.69 Å². The van der Waals surface area contributed by atoms with Crippen molar-refractivity contribution in [3.63, 3.8) is 0 Å². The highest BCUT2D eigenvalue weighted by Gasteiger charge is 2.15. The number of fused-ring (bicyclic) bond motifs is 1. The number of carbonyl (C=O) groups excluding carboxylic acids is 2. The topological polar surface area (TPSA) is 62.0 Å². The molecule has 22 heavy (non-hydrogen) atoms. The number of rotatable bonds is 4. The van der Waals surface area contributed by atoms with Crippen LogP contribution in [0.5, 0.6) is 0 Å². The van der Waals surface area contributed by atoms with Crippen molar-refractivity contribution in [2.45, 2.75) is 38.6 Å². The Bertz CT molecular complexity index is 703. The molecule has 4 nitrogen and oxygen atoms in total. The Labute approximate surface area is 129 Å². The first-order valence-corrected chi connectivity index (χ1v) is 7.74. The van der Waals surface area contributed by atoms with Gasteiger partial charge in [0.05, 0.1) is 11.7 Å².